The molecule has 0 N–H and O–H groups in total. The lowest BCUT2D eigenvalue weighted by Gasteiger charge is -2.24. The van der Waals surface area contributed by atoms with Crippen molar-refractivity contribution in [2.24, 2.45) is 5.92 Å². The first-order chi connectivity index (χ1) is 6.75. The maximum Gasteiger partial charge on any atom is 0.166 e. The highest BCUT2D eigenvalue weighted by Gasteiger charge is 2.19. The van der Waals surface area contributed by atoms with E-state index in [4.69, 9.17) is 16.3 Å². The van der Waals surface area contributed by atoms with E-state index in [2.05, 4.69) is 5.32 Å². The van der Waals surface area contributed by atoms with Crippen LogP contribution in [-0.2, 0) is 0 Å². The quantitative estimate of drug-likeness (QED) is 0.756. The molecule has 75 valence electrons. The molecule has 0 spiro atoms. The maximum atomic E-state index is 13.2. The Balaban J connectivity index is 1.94. The molecule has 0 aliphatic carbocycles. The van der Waals surface area contributed by atoms with E-state index in [1.807, 2.05) is 0 Å². The van der Waals surface area contributed by atoms with E-state index in [9.17, 15) is 4.39 Å². The van der Waals surface area contributed by atoms with Crippen LogP contribution in [0.2, 0.25) is 5.02 Å². The lowest BCUT2D eigenvalue weighted by molar-refractivity contribution is 0.190. The second-order valence-corrected chi connectivity index (χ2v) is 3.78. The van der Waals surface area contributed by atoms with Crippen LogP contribution in [-0.4, -0.2) is 19.7 Å². The number of ether oxygens (including phenoxy) is 1. The third-order valence-electron chi connectivity index (χ3n) is 2.14. The van der Waals surface area contributed by atoms with Gasteiger partial charge in [0.1, 0.15) is 0 Å². The van der Waals surface area contributed by atoms with Crippen LogP contribution in [0.15, 0.2) is 18.2 Å². The first-order valence-corrected chi connectivity index (χ1v) is 4.84. The zero-order valence-corrected chi connectivity index (χ0v) is 8.30. The predicted molar refractivity (Wildman–Crippen MR) is 52.3 cm³/mol. The van der Waals surface area contributed by atoms with E-state index in [0.29, 0.717) is 17.5 Å². The summed E-state index contributed by atoms with van der Waals surface area (Å²) >= 11 is 5.61. The Bertz CT molecular complexity index is 328. The van der Waals surface area contributed by atoms with Crippen molar-refractivity contribution in [3.8, 4) is 5.75 Å². The van der Waals surface area contributed by atoms with Crippen molar-refractivity contribution in [3.05, 3.63) is 29.0 Å². The summed E-state index contributed by atoms with van der Waals surface area (Å²) < 4.78 is 18.5. The van der Waals surface area contributed by atoms with Gasteiger partial charge in [-0.2, -0.15) is 0 Å². The van der Waals surface area contributed by atoms with Gasteiger partial charge < -0.3 is 4.74 Å². The van der Waals surface area contributed by atoms with Gasteiger partial charge in [0.25, 0.3) is 0 Å². The molecule has 0 aromatic heterocycles. The van der Waals surface area contributed by atoms with Crippen LogP contribution in [0.3, 0.4) is 0 Å². The first-order valence-electron chi connectivity index (χ1n) is 4.47. The van der Waals surface area contributed by atoms with Crippen molar-refractivity contribution in [1.82, 2.24) is 5.32 Å². The summed E-state index contributed by atoms with van der Waals surface area (Å²) in [6.45, 7) is 2.19. The Hall–Kier alpha value is -0.800. The molecule has 2 rings (SSSR count). The van der Waals surface area contributed by atoms with Gasteiger partial charge in [-0.15, -0.1) is 0 Å². The fraction of sp³-hybridized carbons (Fsp3) is 0.400. The number of nitrogens with zero attached hydrogens (tertiary/aromatic N) is 1. The van der Waals surface area contributed by atoms with Crippen molar-refractivity contribution in [3.63, 3.8) is 0 Å². The molecule has 1 saturated heterocycles. The Kier molecular flexibility index (Phi) is 2.89. The normalized spacial score (nSPS) is 16.4. The summed E-state index contributed by atoms with van der Waals surface area (Å²) in [5.41, 5.74) is 0. The molecule has 0 unspecified atom stereocenters. The Morgan fingerprint density at radius 1 is 1.50 bits per heavy atom. The molecule has 1 aromatic rings. The van der Waals surface area contributed by atoms with Gasteiger partial charge in [0.05, 0.1) is 6.61 Å². The van der Waals surface area contributed by atoms with E-state index < -0.39 is 5.82 Å². The van der Waals surface area contributed by atoms with E-state index in [0.717, 1.165) is 13.1 Å². The molecule has 1 aliphatic rings. The standard InChI is InChI=1S/C10H10ClFNO/c11-8-1-2-10(9(12)3-8)14-6-7-4-13-5-7/h1-3,7H,4-6H2. The third-order valence-corrected chi connectivity index (χ3v) is 2.38. The molecular formula is C10H10ClFNO. The van der Waals surface area contributed by atoms with Gasteiger partial charge in [-0.05, 0) is 18.2 Å². The summed E-state index contributed by atoms with van der Waals surface area (Å²) in [5, 5.41) is 4.43. The molecule has 1 heterocycles. The number of rotatable bonds is 3. The molecule has 1 radical (unpaired) electrons. The summed E-state index contributed by atoms with van der Waals surface area (Å²) in [7, 11) is 0. The molecule has 0 bridgehead atoms. The SMILES string of the molecule is Fc1cc(Cl)ccc1OCC1C[N]C1. The van der Waals surface area contributed by atoms with Gasteiger partial charge in [-0.1, -0.05) is 11.6 Å². The highest BCUT2D eigenvalue weighted by Crippen LogP contribution is 2.21. The average molecular weight is 215 g/mol. The number of hydrogen-bond acceptors (Lipinski definition) is 1. The second-order valence-electron chi connectivity index (χ2n) is 3.34. The Morgan fingerprint density at radius 3 is 2.86 bits per heavy atom. The van der Waals surface area contributed by atoms with E-state index in [1.165, 1.54) is 6.07 Å². The van der Waals surface area contributed by atoms with Crippen molar-refractivity contribution in [1.29, 1.82) is 0 Å². The van der Waals surface area contributed by atoms with Gasteiger partial charge >= 0.3 is 0 Å². The van der Waals surface area contributed by atoms with E-state index in [1.54, 1.807) is 12.1 Å². The third kappa shape index (κ3) is 2.16. The average Bonchev–Trinajstić information content (AvgIpc) is 2.05. The van der Waals surface area contributed by atoms with Crippen LogP contribution >= 0.6 is 11.6 Å². The van der Waals surface area contributed by atoms with E-state index >= 15 is 0 Å². The summed E-state index contributed by atoms with van der Waals surface area (Å²) in [5.74, 6) is 0.306. The fourth-order valence-electron chi connectivity index (χ4n) is 1.22. The molecule has 0 saturated carbocycles. The molecule has 14 heavy (non-hydrogen) atoms. The summed E-state index contributed by atoms with van der Waals surface area (Å²) in [6.07, 6.45) is 0. The maximum absolute atomic E-state index is 13.2. The lowest BCUT2D eigenvalue weighted by atomic mass is 10.1. The van der Waals surface area contributed by atoms with Crippen LogP contribution in [0.25, 0.3) is 0 Å². The second kappa shape index (κ2) is 4.15. The van der Waals surface area contributed by atoms with Crippen LogP contribution in [0, 0.1) is 11.7 Å². The molecular weight excluding hydrogens is 205 g/mol. The molecule has 2 nitrogen and oxygen atoms in total. The van der Waals surface area contributed by atoms with E-state index in [-0.39, 0.29) is 5.75 Å². The Morgan fingerprint density at radius 2 is 2.29 bits per heavy atom. The minimum absolute atomic E-state index is 0.265. The number of benzene rings is 1. The highest BCUT2D eigenvalue weighted by molar-refractivity contribution is 6.30. The molecule has 1 aromatic carbocycles. The molecule has 0 atom stereocenters. The van der Waals surface area contributed by atoms with Crippen molar-refractivity contribution in [2.45, 2.75) is 0 Å². The summed E-state index contributed by atoms with van der Waals surface area (Å²) in [4.78, 5) is 0. The highest BCUT2D eigenvalue weighted by atomic mass is 35.5. The largest absolute Gasteiger partial charge is 0.490 e. The zero-order chi connectivity index (χ0) is 9.97. The smallest absolute Gasteiger partial charge is 0.166 e. The van der Waals surface area contributed by atoms with Crippen LogP contribution in [0.5, 0.6) is 5.75 Å². The van der Waals surface area contributed by atoms with Gasteiger partial charge in [-0.25, -0.2) is 9.71 Å². The van der Waals surface area contributed by atoms with Gasteiger partial charge in [0, 0.05) is 24.0 Å². The minimum Gasteiger partial charge on any atom is -0.490 e. The fourth-order valence-corrected chi connectivity index (χ4v) is 1.38. The van der Waals surface area contributed by atoms with Crippen LogP contribution in [0.1, 0.15) is 0 Å². The topological polar surface area (TPSA) is 23.3 Å². The zero-order valence-electron chi connectivity index (χ0n) is 7.54. The van der Waals surface area contributed by atoms with Crippen molar-refractivity contribution < 1.29 is 9.13 Å². The molecule has 1 aliphatic heterocycles. The first kappa shape index (κ1) is 9.74. The van der Waals surface area contributed by atoms with Gasteiger partial charge in [0.15, 0.2) is 11.6 Å². The number of hydrogen-bond donors (Lipinski definition) is 0. The summed E-state index contributed by atoms with van der Waals surface area (Å²) in [6, 6.07) is 4.42. The molecule has 0 amide bonds. The van der Waals surface area contributed by atoms with Crippen LogP contribution < -0.4 is 10.1 Å². The van der Waals surface area contributed by atoms with Crippen LogP contribution in [0.4, 0.5) is 4.39 Å². The minimum atomic E-state index is -0.409. The van der Waals surface area contributed by atoms with Crippen molar-refractivity contribution >= 4 is 11.6 Å². The lowest BCUT2D eigenvalue weighted by Crippen LogP contribution is -2.39. The monoisotopic (exact) mass is 214 g/mol. The molecule has 1 fully saturated rings. The predicted octanol–water partition coefficient (Wildman–Crippen LogP) is 2.09. The number of halogens is 2. The van der Waals surface area contributed by atoms with Gasteiger partial charge in [0.2, 0.25) is 0 Å². The van der Waals surface area contributed by atoms with Crippen molar-refractivity contribution in [2.75, 3.05) is 19.7 Å². The molecule has 4 heteroatoms. The van der Waals surface area contributed by atoms with Gasteiger partial charge in [-0.3, -0.25) is 0 Å². The Labute approximate surface area is 87.0 Å².